The average molecular weight is 455 g/mol. The fourth-order valence-corrected chi connectivity index (χ4v) is 4.10. The van der Waals surface area contributed by atoms with Crippen LogP contribution in [0, 0.1) is 10.1 Å². The lowest BCUT2D eigenvalue weighted by atomic mass is 9.95. The van der Waals surface area contributed by atoms with Crippen molar-refractivity contribution >= 4 is 23.7 Å². The zero-order chi connectivity index (χ0) is 23.2. The summed E-state index contributed by atoms with van der Waals surface area (Å²) in [5.41, 5.74) is -0.0919. The molecule has 2 aromatic rings. The maximum atomic E-state index is 11.7. The molecule has 12 heteroatoms. The molecule has 1 aromatic carbocycles. The van der Waals surface area contributed by atoms with Crippen LogP contribution in [0.5, 0.6) is 5.75 Å². The Morgan fingerprint density at radius 2 is 2.00 bits per heavy atom. The molecular formula is C21H25N7O5. The number of benzene rings is 1. The topological polar surface area (TPSA) is 154 Å². The first kappa shape index (κ1) is 22.4. The van der Waals surface area contributed by atoms with Crippen molar-refractivity contribution in [2.24, 2.45) is 0 Å². The number of tetrazole rings is 1. The molecule has 1 aliphatic carbocycles. The van der Waals surface area contributed by atoms with Gasteiger partial charge in [-0.05, 0) is 54.3 Å². The summed E-state index contributed by atoms with van der Waals surface area (Å²) in [5.74, 6) is 0.684. The Labute approximate surface area is 189 Å². The number of ether oxygens (including phenoxy) is 1. The number of imide groups is 1. The highest BCUT2D eigenvalue weighted by atomic mass is 16.6. The molecule has 12 nitrogen and oxygen atoms in total. The Hall–Kier alpha value is -3.83. The van der Waals surface area contributed by atoms with Gasteiger partial charge in [0.1, 0.15) is 11.4 Å². The van der Waals surface area contributed by atoms with E-state index in [2.05, 4.69) is 26.2 Å². The van der Waals surface area contributed by atoms with Crippen molar-refractivity contribution in [3.8, 4) is 5.75 Å². The molecule has 1 saturated heterocycles. The highest BCUT2D eigenvalue weighted by Gasteiger charge is 2.25. The van der Waals surface area contributed by atoms with Gasteiger partial charge in [-0.1, -0.05) is 19.3 Å². The summed E-state index contributed by atoms with van der Waals surface area (Å²) in [6, 6.07) is 4.02. The predicted molar refractivity (Wildman–Crippen MR) is 116 cm³/mol. The average Bonchev–Trinajstić information content (AvgIpc) is 3.39. The van der Waals surface area contributed by atoms with Gasteiger partial charge in [0.2, 0.25) is 0 Å². The van der Waals surface area contributed by atoms with E-state index in [0.717, 1.165) is 37.9 Å². The molecule has 4 rings (SSSR count). The molecular weight excluding hydrogens is 430 g/mol. The summed E-state index contributed by atoms with van der Waals surface area (Å²) in [6.07, 6.45) is 9.53. The van der Waals surface area contributed by atoms with Crippen molar-refractivity contribution in [3.63, 3.8) is 0 Å². The van der Waals surface area contributed by atoms with Gasteiger partial charge in [-0.3, -0.25) is 20.2 Å². The highest BCUT2D eigenvalue weighted by Crippen LogP contribution is 2.28. The molecule has 1 aromatic heterocycles. The van der Waals surface area contributed by atoms with E-state index in [1.54, 1.807) is 0 Å². The molecule has 1 aliphatic heterocycles. The monoisotopic (exact) mass is 455 g/mol. The number of hydrogen-bond acceptors (Lipinski definition) is 8. The lowest BCUT2D eigenvalue weighted by Gasteiger charge is -2.22. The fourth-order valence-electron chi connectivity index (χ4n) is 4.10. The van der Waals surface area contributed by atoms with Gasteiger partial charge in [0, 0.05) is 12.5 Å². The molecule has 1 saturated carbocycles. The number of aromatic nitrogens is 4. The number of urea groups is 1. The molecule has 3 amide bonds. The number of unbranched alkanes of at least 4 members (excludes halogenated alkanes) is 1. The van der Waals surface area contributed by atoms with Crippen LogP contribution in [-0.2, 0) is 11.2 Å². The van der Waals surface area contributed by atoms with Gasteiger partial charge in [0.25, 0.3) is 11.6 Å². The molecule has 33 heavy (non-hydrogen) atoms. The molecule has 2 aliphatic rings. The number of nitro benzene ring substituents is 1. The van der Waals surface area contributed by atoms with E-state index in [0.29, 0.717) is 18.4 Å². The van der Waals surface area contributed by atoms with Crippen molar-refractivity contribution in [2.45, 2.75) is 57.4 Å². The van der Waals surface area contributed by atoms with Crippen molar-refractivity contribution in [3.05, 3.63) is 45.4 Å². The van der Waals surface area contributed by atoms with E-state index in [9.17, 15) is 19.7 Å². The number of aryl methyl sites for hydroxylation is 1. The van der Waals surface area contributed by atoms with Gasteiger partial charge in [0.05, 0.1) is 23.1 Å². The Morgan fingerprint density at radius 3 is 2.73 bits per heavy atom. The van der Waals surface area contributed by atoms with E-state index in [4.69, 9.17) is 4.74 Å². The quantitative estimate of drug-likeness (QED) is 0.192. The molecule has 0 radical (unpaired) electrons. The van der Waals surface area contributed by atoms with E-state index >= 15 is 0 Å². The summed E-state index contributed by atoms with van der Waals surface area (Å²) >= 11 is 0. The first-order valence-corrected chi connectivity index (χ1v) is 11.0. The number of hydrogen-bond donors (Lipinski definition) is 2. The van der Waals surface area contributed by atoms with Gasteiger partial charge in [-0.2, -0.15) is 0 Å². The minimum absolute atomic E-state index is 0.0593. The minimum Gasteiger partial charge on any atom is -0.494 e. The SMILES string of the molecule is O=C1NC(=O)C(=Cc2cc(OCCCCc3nnnn3C3CCCCC3)ccc2[N+](=O)[O-])N1. The number of rotatable bonds is 9. The lowest BCUT2D eigenvalue weighted by molar-refractivity contribution is -0.385. The summed E-state index contributed by atoms with van der Waals surface area (Å²) in [7, 11) is 0. The molecule has 174 valence electrons. The lowest BCUT2D eigenvalue weighted by Crippen LogP contribution is -2.22. The summed E-state index contributed by atoms with van der Waals surface area (Å²) in [5, 5.41) is 27.9. The number of amides is 3. The number of nitrogens with one attached hydrogen (secondary N) is 2. The summed E-state index contributed by atoms with van der Waals surface area (Å²) < 4.78 is 7.73. The van der Waals surface area contributed by atoms with E-state index in [1.807, 2.05) is 4.68 Å². The number of carbonyl (C=O) groups excluding carboxylic acids is 2. The van der Waals surface area contributed by atoms with E-state index in [-0.39, 0.29) is 16.9 Å². The van der Waals surface area contributed by atoms with Crippen LogP contribution in [-0.4, -0.2) is 43.7 Å². The van der Waals surface area contributed by atoms with Gasteiger partial charge in [0.15, 0.2) is 5.82 Å². The van der Waals surface area contributed by atoms with Crippen LogP contribution in [0.3, 0.4) is 0 Å². The largest absolute Gasteiger partial charge is 0.494 e. The van der Waals surface area contributed by atoms with Crippen molar-refractivity contribution in [1.29, 1.82) is 0 Å². The second-order valence-corrected chi connectivity index (χ2v) is 8.08. The van der Waals surface area contributed by atoms with Crippen LogP contribution in [0.4, 0.5) is 10.5 Å². The minimum atomic E-state index is -0.671. The van der Waals surface area contributed by atoms with Crippen molar-refractivity contribution in [2.75, 3.05) is 6.61 Å². The third-order valence-corrected chi connectivity index (χ3v) is 5.76. The Balaban J connectivity index is 1.32. The first-order valence-electron chi connectivity index (χ1n) is 11.0. The Morgan fingerprint density at radius 1 is 1.18 bits per heavy atom. The van der Waals surface area contributed by atoms with Crippen LogP contribution >= 0.6 is 0 Å². The van der Waals surface area contributed by atoms with E-state index < -0.39 is 16.9 Å². The third-order valence-electron chi connectivity index (χ3n) is 5.76. The second kappa shape index (κ2) is 10.2. The fraction of sp³-hybridized carbons (Fsp3) is 0.476. The maximum absolute atomic E-state index is 11.7. The first-order chi connectivity index (χ1) is 16.0. The zero-order valence-electron chi connectivity index (χ0n) is 18.0. The van der Waals surface area contributed by atoms with Gasteiger partial charge in [-0.15, -0.1) is 5.10 Å². The molecule has 0 spiro atoms. The highest BCUT2D eigenvalue weighted by molar-refractivity contribution is 6.14. The standard InChI is InChI=1S/C21H25N7O5/c29-20-17(22-21(30)23-20)13-14-12-16(9-10-18(14)28(31)32)33-11-5-4-8-19-24-25-26-27(19)15-6-2-1-3-7-15/h9-10,12-13,15H,1-8,11H2,(H2,22,23,29,30). The van der Waals surface area contributed by atoms with Crippen LogP contribution in [0.2, 0.25) is 0 Å². The zero-order valence-corrected chi connectivity index (χ0v) is 18.0. The molecule has 0 atom stereocenters. The predicted octanol–water partition coefficient (Wildman–Crippen LogP) is 2.67. The smallest absolute Gasteiger partial charge is 0.326 e. The van der Waals surface area contributed by atoms with Crippen LogP contribution in [0.1, 0.15) is 62.4 Å². The Kier molecular flexibility index (Phi) is 6.91. The number of carbonyl (C=O) groups is 2. The van der Waals surface area contributed by atoms with E-state index in [1.165, 1.54) is 43.5 Å². The van der Waals surface area contributed by atoms with Crippen molar-refractivity contribution in [1.82, 2.24) is 30.8 Å². The Bertz CT molecular complexity index is 1070. The third kappa shape index (κ3) is 5.51. The van der Waals surface area contributed by atoms with Crippen LogP contribution in [0.25, 0.3) is 6.08 Å². The summed E-state index contributed by atoms with van der Waals surface area (Å²) in [6.45, 7) is 0.413. The van der Waals surface area contributed by atoms with Crippen LogP contribution < -0.4 is 15.4 Å². The summed E-state index contributed by atoms with van der Waals surface area (Å²) in [4.78, 5) is 33.8. The van der Waals surface area contributed by atoms with Crippen LogP contribution in [0.15, 0.2) is 23.9 Å². The molecule has 2 fully saturated rings. The molecule has 2 heterocycles. The van der Waals surface area contributed by atoms with Gasteiger partial charge >= 0.3 is 6.03 Å². The molecule has 2 N–H and O–H groups in total. The normalized spacial score (nSPS) is 17.8. The number of nitro groups is 1. The molecule has 0 bridgehead atoms. The second-order valence-electron chi connectivity index (χ2n) is 8.08. The van der Waals surface area contributed by atoms with Gasteiger partial charge in [-0.25, -0.2) is 9.48 Å². The van der Waals surface area contributed by atoms with Gasteiger partial charge < -0.3 is 10.1 Å². The van der Waals surface area contributed by atoms with Crippen molar-refractivity contribution < 1.29 is 19.2 Å². The molecule has 0 unspecified atom stereocenters. The number of nitrogens with zero attached hydrogens (tertiary/aromatic N) is 5. The maximum Gasteiger partial charge on any atom is 0.326 e.